The number of methoxy groups -OCH3 is 3. The van der Waals surface area contributed by atoms with Crippen molar-refractivity contribution < 1.29 is 43.0 Å². The number of aliphatic hydroxyl groups excluding tert-OH is 1. The minimum Gasteiger partial charge on any atom is -0.497 e. The highest BCUT2D eigenvalue weighted by Crippen LogP contribution is 2.47. The molecule has 0 spiro atoms. The first kappa shape index (κ1) is 34.3. The van der Waals surface area contributed by atoms with Gasteiger partial charge in [-0.15, -0.1) is 0 Å². The van der Waals surface area contributed by atoms with Crippen molar-refractivity contribution in [3.8, 4) is 5.75 Å². The lowest BCUT2D eigenvalue weighted by Crippen LogP contribution is -2.71. The van der Waals surface area contributed by atoms with Crippen LogP contribution in [-0.4, -0.2) is 90.5 Å². The molecule has 2 aromatic rings. The van der Waals surface area contributed by atoms with Crippen molar-refractivity contribution in [2.45, 2.75) is 88.0 Å². The quantitative estimate of drug-likeness (QED) is 0.171. The lowest BCUT2D eigenvalue weighted by Gasteiger charge is -2.57. The van der Waals surface area contributed by atoms with E-state index in [2.05, 4.69) is 19.6 Å². The molecule has 240 valence electrons. The lowest BCUT2D eigenvalue weighted by molar-refractivity contribution is -0.473. The third kappa shape index (κ3) is 7.99. The van der Waals surface area contributed by atoms with Gasteiger partial charge in [-0.05, 0) is 61.2 Å². The zero-order valence-electron chi connectivity index (χ0n) is 26.6. The zero-order chi connectivity index (χ0) is 31.4. The van der Waals surface area contributed by atoms with Crippen LogP contribution in [0.15, 0.2) is 42.5 Å². The highest BCUT2D eigenvalue weighted by molar-refractivity contribution is 6.76. The summed E-state index contributed by atoms with van der Waals surface area (Å²) in [5.74, 6) is -1.79. The van der Waals surface area contributed by atoms with Crippen molar-refractivity contribution in [2.24, 2.45) is 0 Å². The summed E-state index contributed by atoms with van der Waals surface area (Å²) in [6, 6.07) is 14.7. The summed E-state index contributed by atoms with van der Waals surface area (Å²) < 4.78 is 47.9. The monoisotopic (exact) mass is 638 g/mol. The lowest BCUT2D eigenvalue weighted by atomic mass is 9.87. The van der Waals surface area contributed by atoms with Gasteiger partial charge in [-0.2, -0.15) is 0 Å². The summed E-state index contributed by atoms with van der Waals surface area (Å²) in [5.41, 5.74) is 2.83. The van der Waals surface area contributed by atoms with E-state index in [-0.39, 0.29) is 13.4 Å². The fraction of sp³-hybridized carbons (Fsp3) is 0.625. The third-order valence-corrected chi connectivity index (χ3v) is 10.5. The van der Waals surface area contributed by atoms with E-state index in [9.17, 15) is 5.11 Å². The molecule has 0 amide bonds. The average Bonchev–Trinajstić information content (AvgIpc) is 2.98. The Morgan fingerprint density at radius 2 is 1.56 bits per heavy atom. The molecule has 2 saturated heterocycles. The summed E-state index contributed by atoms with van der Waals surface area (Å²) in [5, 5.41) is 12.1. The molecule has 2 heterocycles. The van der Waals surface area contributed by atoms with E-state index in [0.717, 1.165) is 28.5 Å². The topological polar surface area (TPSA) is 94.1 Å². The molecule has 2 aromatic carbocycles. The maximum atomic E-state index is 11.5. The van der Waals surface area contributed by atoms with Crippen LogP contribution in [0.1, 0.15) is 36.6 Å². The molecule has 0 aromatic heterocycles. The van der Waals surface area contributed by atoms with Gasteiger partial charge < -0.3 is 43.0 Å². The van der Waals surface area contributed by atoms with Crippen molar-refractivity contribution in [2.75, 3.05) is 41.3 Å². The van der Waals surface area contributed by atoms with Gasteiger partial charge in [0.25, 0.3) is 0 Å². The van der Waals surface area contributed by atoms with Crippen molar-refractivity contribution in [3.05, 3.63) is 64.2 Å². The Morgan fingerprint density at radius 1 is 0.907 bits per heavy atom. The van der Waals surface area contributed by atoms with Crippen LogP contribution in [0.3, 0.4) is 0 Å². The Hall–Kier alpha value is -1.57. The van der Waals surface area contributed by atoms with Gasteiger partial charge in [0.2, 0.25) is 11.6 Å². The molecule has 1 N–H and O–H groups in total. The summed E-state index contributed by atoms with van der Waals surface area (Å²) in [6.45, 7) is 11.2. The van der Waals surface area contributed by atoms with Crippen LogP contribution in [0.4, 0.5) is 0 Å². The number of halogens is 1. The third-order valence-electron chi connectivity index (χ3n) is 8.38. The highest BCUT2D eigenvalue weighted by Gasteiger charge is 2.62. The van der Waals surface area contributed by atoms with Crippen molar-refractivity contribution in [3.63, 3.8) is 0 Å². The van der Waals surface area contributed by atoms with Crippen LogP contribution < -0.4 is 4.74 Å². The summed E-state index contributed by atoms with van der Waals surface area (Å²) >= 11 is 6.67. The summed E-state index contributed by atoms with van der Waals surface area (Å²) in [4.78, 5) is 0. The molecule has 11 heteroatoms. The maximum Gasteiger partial charge on any atom is 0.220 e. The van der Waals surface area contributed by atoms with Gasteiger partial charge >= 0.3 is 0 Å². The minimum absolute atomic E-state index is 0.106. The molecule has 43 heavy (non-hydrogen) atoms. The minimum atomic E-state index is -1.29. The number of aliphatic hydroxyl groups is 1. The smallest absolute Gasteiger partial charge is 0.220 e. The van der Waals surface area contributed by atoms with Crippen LogP contribution in [0.2, 0.25) is 30.7 Å². The number of hydrogen-bond acceptors (Lipinski definition) is 9. The van der Waals surface area contributed by atoms with Gasteiger partial charge in [-0.3, -0.25) is 0 Å². The van der Waals surface area contributed by atoms with Gasteiger partial charge in [0.1, 0.15) is 43.1 Å². The summed E-state index contributed by atoms with van der Waals surface area (Å²) in [7, 11) is 3.49. The number of ether oxygens (including phenoxy) is 8. The second-order valence-electron chi connectivity index (χ2n) is 12.6. The molecule has 0 saturated carbocycles. The van der Waals surface area contributed by atoms with E-state index in [1.807, 2.05) is 42.5 Å². The molecular weight excluding hydrogens is 592 g/mol. The largest absolute Gasteiger partial charge is 0.497 e. The molecule has 2 aliphatic rings. The number of rotatable bonds is 13. The Bertz CT molecular complexity index is 1190. The van der Waals surface area contributed by atoms with Crippen LogP contribution in [0, 0.1) is 0 Å². The van der Waals surface area contributed by atoms with Gasteiger partial charge in [0.15, 0.2) is 0 Å². The molecule has 7 atom stereocenters. The number of benzene rings is 2. The number of fused-ring (bicyclic) bond motifs is 1. The van der Waals surface area contributed by atoms with Crippen molar-refractivity contribution in [1.29, 1.82) is 0 Å². The molecule has 0 bridgehead atoms. The molecular formula is C32H47ClO9Si. The predicted octanol–water partition coefficient (Wildman–Crippen LogP) is 5.58. The fourth-order valence-corrected chi connectivity index (χ4v) is 6.27. The normalized spacial score (nSPS) is 31.1. The Kier molecular flexibility index (Phi) is 11.4. The van der Waals surface area contributed by atoms with Crippen molar-refractivity contribution >= 4 is 19.7 Å². The molecule has 0 radical (unpaired) electrons. The predicted molar refractivity (Wildman–Crippen MR) is 166 cm³/mol. The molecule has 4 rings (SSSR count). The van der Waals surface area contributed by atoms with Crippen LogP contribution in [-0.2, 0) is 39.6 Å². The number of hydrogen-bond donors (Lipinski definition) is 1. The first-order chi connectivity index (χ1) is 20.3. The Balaban J connectivity index is 1.59. The van der Waals surface area contributed by atoms with E-state index >= 15 is 0 Å². The first-order valence-corrected chi connectivity index (χ1v) is 18.8. The molecule has 0 unspecified atom stereocenters. The average molecular weight is 639 g/mol. The van der Waals surface area contributed by atoms with E-state index in [1.54, 1.807) is 21.0 Å². The standard InChI is InChI=1S/C32H47ClO9Si/c1-31(36-4)32(2,37-5)42-30-28(22-11-14-25(33)23(18-22)17-21-9-12-24(35-3)13-10-21)40-26(27(34)29(30)41-31)19-39-20-38-15-16-43(6,7)8/h9-14,18,26-30,34H,15-17,19-20H2,1-8H3/t26-,27-,28+,29+,30+,31-,32-/m1/s1. The zero-order valence-corrected chi connectivity index (χ0v) is 28.3. The molecule has 0 aliphatic carbocycles. The highest BCUT2D eigenvalue weighted by atomic mass is 35.5. The van der Waals surface area contributed by atoms with Crippen LogP contribution in [0.25, 0.3) is 0 Å². The van der Waals surface area contributed by atoms with Gasteiger partial charge in [0, 0.05) is 33.9 Å². The SMILES string of the molecule is COc1ccc(Cc2cc([C@@H]3O[C@H](COCOCC[Si](C)(C)C)[C@@H](O)[C@@H]4O[C@@](C)(OC)[C@](C)(OC)O[C@H]43)ccc2Cl)cc1. The fourth-order valence-electron chi connectivity index (χ4n) is 5.33. The van der Waals surface area contributed by atoms with Crippen LogP contribution in [0.5, 0.6) is 5.75 Å². The maximum absolute atomic E-state index is 11.5. The molecule has 2 aliphatic heterocycles. The summed E-state index contributed by atoms with van der Waals surface area (Å²) in [6.07, 6.45) is -3.32. The van der Waals surface area contributed by atoms with E-state index in [0.29, 0.717) is 18.1 Å². The van der Waals surface area contributed by atoms with E-state index in [4.69, 9.17) is 49.5 Å². The second kappa shape index (κ2) is 14.2. The van der Waals surface area contributed by atoms with E-state index in [1.165, 1.54) is 14.2 Å². The Labute approximate surface area is 261 Å². The van der Waals surface area contributed by atoms with E-state index < -0.39 is 50.2 Å². The van der Waals surface area contributed by atoms with Gasteiger partial charge in [0.05, 0.1) is 13.7 Å². The first-order valence-electron chi connectivity index (χ1n) is 14.7. The van der Waals surface area contributed by atoms with Crippen LogP contribution >= 0.6 is 11.6 Å². The second-order valence-corrected chi connectivity index (χ2v) is 18.7. The molecule has 2 fully saturated rings. The van der Waals surface area contributed by atoms with Gasteiger partial charge in [-0.1, -0.05) is 55.5 Å². The van der Waals surface area contributed by atoms with Crippen molar-refractivity contribution in [1.82, 2.24) is 0 Å². The molecule has 9 nitrogen and oxygen atoms in total. The van der Waals surface area contributed by atoms with Gasteiger partial charge in [-0.25, -0.2) is 0 Å². The Morgan fingerprint density at radius 3 is 2.16 bits per heavy atom.